The first kappa shape index (κ1) is 19.2. The van der Waals surface area contributed by atoms with Crippen LogP contribution in [-0.4, -0.2) is 61.6 Å². The van der Waals surface area contributed by atoms with Gasteiger partial charge in [-0.1, -0.05) is 0 Å². The number of amides is 1. The molecule has 2 rings (SSSR count). The quantitative estimate of drug-likeness (QED) is 0.714. The molecule has 1 unspecified atom stereocenters. The van der Waals surface area contributed by atoms with Gasteiger partial charge in [0.2, 0.25) is 5.91 Å². The second-order valence-electron chi connectivity index (χ2n) is 7.45. The Morgan fingerprint density at radius 1 is 1.33 bits per heavy atom. The normalized spacial score (nSPS) is 26.3. The Hall–Kier alpha value is -1.14. The molecule has 6 nitrogen and oxygen atoms in total. The fraction of sp³-hybridized carbons (Fsp3) is 0.889. The van der Waals surface area contributed by atoms with Crippen LogP contribution in [0.2, 0.25) is 0 Å². The molecule has 0 saturated carbocycles. The molecular weight excluding hydrogens is 306 g/mol. The molecule has 0 spiro atoms. The average molecular weight is 339 g/mol. The van der Waals surface area contributed by atoms with Gasteiger partial charge < -0.3 is 15.4 Å². The van der Waals surface area contributed by atoms with E-state index in [9.17, 15) is 9.59 Å². The minimum absolute atomic E-state index is 0.0507. The number of piperidine rings is 2. The van der Waals surface area contributed by atoms with Gasteiger partial charge in [0.1, 0.15) is 0 Å². The fourth-order valence-corrected chi connectivity index (χ4v) is 4.00. The van der Waals surface area contributed by atoms with Gasteiger partial charge in [0.05, 0.1) is 12.0 Å². The lowest BCUT2D eigenvalue weighted by Gasteiger charge is -2.45. The molecule has 1 atom stereocenters. The smallest absolute Gasteiger partial charge is 0.313 e. The van der Waals surface area contributed by atoms with Crippen molar-refractivity contribution in [2.24, 2.45) is 5.41 Å². The molecular formula is C18H33N3O3. The molecule has 2 N–H and O–H groups in total. The average Bonchev–Trinajstić information content (AvgIpc) is 2.55. The van der Waals surface area contributed by atoms with Crippen molar-refractivity contribution in [2.75, 3.05) is 32.8 Å². The zero-order valence-electron chi connectivity index (χ0n) is 15.4. The molecule has 1 amide bonds. The maximum Gasteiger partial charge on any atom is 0.313 e. The summed E-state index contributed by atoms with van der Waals surface area (Å²) in [6.45, 7) is 9.78. The highest BCUT2D eigenvalue weighted by Crippen LogP contribution is 2.37. The molecule has 6 heteroatoms. The van der Waals surface area contributed by atoms with E-state index in [2.05, 4.69) is 15.5 Å². The summed E-state index contributed by atoms with van der Waals surface area (Å²) in [5.74, 6) is -0.257. The summed E-state index contributed by atoms with van der Waals surface area (Å²) in [7, 11) is 0. The van der Waals surface area contributed by atoms with Crippen LogP contribution in [0.25, 0.3) is 0 Å². The molecule has 0 bridgehead atoms. The molecule has 2 aliphatic rings. The number of rotatable bonds is 6. The van der Waals surface area contributed by atoms with E-state index in [1.807, 2.05) is 20.8 Å². The number of hydrogen-bond donors (Lipinski definition) is 2. The third-order valence-electron chi connectivity index (χ3n) is 5.09. The Kier molecular flexibility index (Phi) is 7.04. The lowest BCUT2D eigenvalue weighted by molar-refractivity contribution is -0.162. The predicted molar refractivity (Wildman–Crippen MR) is 93.7 cm³/mol. The van der Waals surface area contributed by atoms with Crippen LogP contribution in [-0.2, 0) is 14.3 Å². The summed E-state index contributed by atoms with van der Waals surface area (Å²) in [5.41, 5.74) is -0.696. The molecule has 2 saturated heterocycles. The van der Waals surface area contributed by atoms with Gasteiger partial charge in [0, 0.05) is 25.0 Å². The van der Waals surface area contributed by atoms with Gasteiger partial charge in [-0.3, -0.25) is 14.5 Å². The van der Waals surface area contributed by atoms with Crippen molar-refractivity contribution in [3.05, 3.63) is 0 Å². The molecule has 0 radical (unpaired) electrons. The first-order chi connectivity index (χ1) is 11.5. The van der Waals surface area contributed by atoms with Crippen molar-refractivity contribution in [3.8, 4) is 0 Å². The van der Waals surface area contributed by atoms with Gasteiger partial charge in [0.25, 0.3) is 0 Å². The fourth-order valence-electron chi connectivity index (χ4n) is 4.00. The number of esters is 1. The van der Waals surface area contributed by atoms with E-state index in [1.54, 1.807) is 0 Å². The van der Waals surface area contributed by atoms with Gasteiger partial charge in [-0.2, -0.15) is 0 Å². The van der Waals surface area contributed by atoms with E-state index in [4.69, 9.17) is 4.74 Å². The van der Waals surface area contributed by atoms with Gasteiger partial charge in [-0.05, 0) is 66.1 Å². The highest BCUT2D eigenvalue weighted by molar-refractivity contribution is 5.86. The first-order valence-corrected chi connectivity index (χ1v) is 9.38. The molecule has 0 aromatic carbocycles. The van der Waals surface area contributed by atoms with Crippen molar-refractivity contribution in [1.82, 2.24) is 15.5 Å². The third-order valence-corrected chi connectivity index (χ3v) is 5.09. The number of nitrogens with zero attached hydrogens (tertiary/aromatic N) is 1. The molecule has 0 aliphatic carbocycles. The first-order valence-electron chi connectivity index (χ1n) is 9.38. The zero-order valence-corrected chi connectivity index (χ0v) is 15.4. The van der Waals surface area contributed by atoms with Crippen LogP contribution in [0.4, 0.5) is 0 Å². The van der Waals surface area contributed by atoms with Crippen molar-refractivity contribution in [3.63, 3.8) is 0 Å². The van der Waals surface area contributed by atoms with Crippen molar-refractivity contribution in [2.45, 2.75) is 65.0 Å². The van der Waals surface area contributed by atoms with Crippen molar-refractivity contribution >= 4 is 11.9 Å². The Balaban J connectivity index is 2.11. The standard InChI is InChI=1S/C18H33N3O3/c1-4-24-17(23)18(12-16(22)20-14(2)3)8-5-11-21(13-18)15-6-9-19-10-7-15/h14-15,19H,4-13H2,1-3H3,(H,20,22). The van der Waals surface area contributed by atoms with E-state index in [0.717, 1.165) is 45.3 Å². The number of likely N-dealkylation sites (tertiary alicyclic amines) is 1. The Labute approximate surface area is 145 Å². The molecule has 138 valence electrons. The molecule has 0 aromatic heterocycles. The third kappa shape index (κ3) is 4.93. The molecule has 0 aromatic rings. The van der Waals surface area contributed by atoms with Gasteiger partial charge in [0.15, 0.2) is 0 Å². The largest absolute Gasteiger partial charge is 0.466 e. The molecule has 2 heterocycles. The number of hydrogen-bond acceptors (Lipinski definition) is 5. The van der Waals surface area contributed by atoms with Crippen LogP contribution in [0.15, 0.2) is 0 Å². The van der Waals surface area contributed by atoms with E-state index in [0.29, 0.717) is 19.2 Å². The minimum atomic E-state index is -0.696. The summed E-state index contributed by atoms with van der Waals surface area (Å²) < 4.78 is 5.37. The SMILES string of the molecule is CCOC(=O)C1(CC(=O)NC(C)C)CCCN(C2CCNCC2)C1. The minimum Gasteiger partial charge on any atom is -0.466 e. The lowest BCUT2D eigenvalue weighted by atomic mass is 9.76. The van der Waals surface area contributed by atoms with Gasteiger partial charge in [-0.15, -0.1) is 0 Å². The number of carbonyl (C=O) groups is 2. The second-order valence-corrected chi connectivity index (χ2v) is 7.45. The number of nitrogens with one attached hydrogen (secondary N) is 2. The topological polar surface area (TPSA) is 70.7 Å². The van der Waals surface area contributed by atoms with Crippen LogP contribution >= 0.6 is 0 Å². The predicted octanol–water partition coefficient (Wildman–Crippen LogP) is 1.30. The van der Waals surface area contributed by atoms with E-state index >= 15 is 0 Å². The van der Waals surface area contributed by atoms with Gasteiger partial charge in [-0.25, -0.2) is 0 Å². The Morgan fingerprint density at radius 3 is 2.67 bits per heavy atom. The van der Waals surface area contributed by atoms with E-state index < -0.39 is 5.41 Å². The monoisotopic (exact) mass is 339 g/mol. The Morgan fingerprint density at radius 2 is 2.04 bits per heavy atom. The van der Waals surface area contributed by atoms with Crippen LogP contribution in [0.1, 0.15) is 52.9 Å². The summed E-state index contributed by atoms with van der Waals surface area (Å²) in [5, 5.41) is 6.32. The Bertz CT molecular complexity index is 435. The van der Waals surface area contributed by atoms with E-state index in [1.165, 1.54) is 0 Å². The van der Waals surface area contributed by atoms with Crippen molar-refractivity contribution < 1.29 is 14.3 Å². The van der Waals surface area contributed by atoms with Crippen LogP contribution in [0, 0.1) is 5.41 Å². The summed E-state index contributed by atoms with van der Waals surface area (Å²) in [6, 6.07) is 0.592. The summed E-state index contributed by atoms with van der Waals surface area (Å²) in [4.78, 5) is 27.5. The van der Waals surface area contributed by atoms with Crippen LogP contribution in [0.3, 0.4) is 0 Å². The van der Waals surface area contributed by atoms with Gasteiger partial charge >= 0.3 is 5.97 Å². The highest BCUT2D eigenvalue weighted by atomic mass is 16.5. The summed E-state index contributed by atoms with van der Waals surface area (Å²) >= 11 is 0. The molecule has 24 heavy (non-hydrogen) atoms. The van der Waals surface area contributed by atoms with Crippen LogP contribution in [0.5, 0.6) is 0 Å². The lowest BCUT2D eigenvalue weighted by Crippen LogP contribution is -2.55. The maximum atomic E-state index is 12.7. The molecule has 2 fully saturated rings. The molecule has 2 aliphatic heterocycles. The number of ether oxygens (including phenoxy) is 1. The van der Waals surface area contributed by atoms with Crippen molar-refractivity contribution in [1.29, 1.82) is 0 Å². The van der Waals surface area contributed by atoms with E-state index in [-0.39, 0.29) is 24.3 Å². The van der Waals surface area contributed by atoms with Crippen LogP contribution < -0.4 is 10.6 Å². The second kappa shape index (κ2) is 8.81. The zero-order chi connectivity index (χ0) is 17.6. The number of carbonyl (C=O) groups excluding carboxylic acids is 2. The highest BCUT2D eigenvalue weighted by Gasteiger charge is 2.46. The summed E-state index contributed by atoms with van der Waals surface area (Å²) in [6.07, 6.45) is 4.12. The maximum absolute atomic E-state index is 12.7.